The van der Waals surface area contributed by atoms with Crippen LogP contribution in [-0.2, 0) is 48.6 Å². The van der Waals surface area contributed by atoms with E-state index in [1.165, 1.54) is 20.1 Å². The third kappa shape index (κ3) is 10.6. The molecule has 49 heavy (non-hydrogen) atoms. The normalized spacial score (nSPS) is 13.0. The molecule has 12 heteroatoms. The molecule has 0 radical (unpaired) electrons. The number of ether oxygens (including phenoxy) is 1. The molecule has 0 fully saturated rings. The molecule has 0 bridgehead atoms. The second-order valence-corrected chi connectivity index (χ2v) is 13.2. The average Bonchev–Trinajstić information content (AvgIpc) is 3.10. The number of methoxy groups -OCH3 is 1. The fourth-order valence-corrected chi connectivity index (χ4v) is 6.52. The van der Waals surface area contributed by atoms with Crippen LogP contribution in [0.25, 0.3) is 0 Å². The van der Waals surface area contributed by atoms with Crippen molar-refractivity contribution in [1.29, 1.82) is 0 Å². The Morgan fingerprint density at radius 1 is 0.673 bits per heavy atom. The van der Waals surface area contributed by atoms with E-state index in [4.69, 9.17) is 4.74 Å². The van der Waals surface area contributed by atoms with Crippen LogP contribution in [0.15, 0.2) is 114 Å². The minimum absolute atomic E-state index is 0.00865. The Kier molecular flexibility index (Phi) is 12.8. The van der Waals surface area contributed by atoms with Gasteiger partial charge in [0.1, 0.15) is 17.8 Å². The lowest BCUT2D eigenvalue weighted by Crippen LogP contribution is -2.57. The van der Waals surface area contributed by atoms with Crippen LogP contribution >= 0.6 is 0 Å². The summed E-state index contributed by atoms with van der Waals surface area (Å²) in [7, 11) is -2.55. The lowest BCUT2D eigenvalue weighted by molar-refractivity contribution is -0.140. The van der Waals surface area contributed by atoms with Crippen molar-refractivity contribution in [1.82, 2.24) is 20.7 Å². The second kappa shape index (κ2) is 17.2. The van der Waals surface area contributed by atoms with Gasteiger partial charge in [-0.05, 0) is 54.3 Å². The summed E-state index contributed by atoms with van der Waals surface area (Å²) in [4.78, 5) is 53.9. The first-order chi connectivity index (χ1) is 23.5. The zero-order chi connectivity index (χ0) is 35.4. The van der Waals surface area contributed by atoms with Gasteiger partial charge in [-0.1, -0.05) is 91.0 Å². The molecule has 3 atom stereocenters. The highest BCUT2D eigenvalue weighted by Crippen LogP contribution is 2.16. The number of benzene rings is 4. The van der Waals surface area contributed by atoms with Gasteiger partial charge in [0, 0.05) is 19.4 Å². The molecule has 256 valence electrons. The van der Waals surface area contributed by atoms with Crippen molar-refractivity contribution in [3.05, 3.63) is 131 Å². The predicted molar refractivity (Wildman–Crippen MR) is 185 cm³/mol. The Balaban J connectivity index is 1.55. The molecule has 0 aliphatic heterocycles. The number of hydrogen-bond donors (Lipinski definition) is 4. The lowest BCUT2D eigenvalue weighted by Gasteiger charge is -2.24. The molecule has 3 amide bonds. The van der Waals surface area contributed by atoms with Gasteiger partial charge in [-0.25, -0.2) is 8.42 Å². The van der Waals surface area contributed by atoms with Gasteiger partial charge in [-0.3, -0.25) is 19.2 Å². The third-order valence-corrected chi connectivity index (χ3v) is 9.48. The van der Waals surface area contributed by atoms with Crippen LogP contribution in [0.3, 0.4) is 0 Å². The number of sulfonamides is 1. The Labute approximate surface area is 286 Å². The van der Waals surface area contributed by atoms with Crippen LogP contribution < -0.4 is 25.4 Å². The summed E-state index contributed by atoms with van der Waals surface area (Å²) in [5.74, 6) is -2.65. The van der Waals surface area contributed by atoms with Crippen molar-refractivity contribution in [2.75, 3.05) is 7.11 Å². The van der Waals surface area contributed by atoms with Crippen molar-refractivity contribution in [3.63, 3.8) is 0 Å². The van der Waals surface area contributed by atoms with E-state index in [0.29, 0.717) is 22.4 Å². The summed E-state index contributed by atoms with van der Waals surface area (Å²) >= 11 is 0. The van der Waals surface area contributed by atoms with E-state index in [1.807, 2.05) is 30.3 Å². The Morgan fingerprint density at radius 2 is 1.20 bits per heavy atom. The third-order valence-electron chi connectivity index (χ3n) is 7.78. The van der Waals surface area contributed by atoms with E-state index in [2.05, 4.69) is 20.7 Å². The summed E-state index contributed by atoms with van der Waals surface area (Å²) < 4.78 is 33.8. The first-order valence-electron chi connectivity index (χ1n) is 15.7. The molecule has 0 unspecified atom stereocenters. The number of nitrogens with one attached hydrogen (secondary N) is 4. The fraction of sp³-hybridized carbons (Fsp3) is 0.243. The predicted octanol–water partition coefficient (Wildman–Crippen LogP) is 3.01. The van der Waals surface area contributed by atoms with Gasteiger partial charge in [-0.15, -0.1) is 0 Å². The van der Waals surface area contributed by atoms with E-state index < -0.39 is 51.7 Å². The van der Waals surface area contributed by atoms with Crippen molar-refractivity contribution < 1.29 is 32.3 Å². The number of rotatable bonds is 16. The van der Waals surface area contributed by atoms with Crippen molar-refractivity contribution in [3.8, 4) is 5.75 Å². The van der Waals surface area contributed by atoms with E-state index in [9.17, 15) is 27.6 Å². The van der Waals surface area contributed by atoms with Gasteiger partial charge in [0.25, 0.3) is 5.91 Å². The largest absolute Gasteiger partial charge is 0.497 e. The number of Topliss-reactive ketones (excluding diaryl/α,β-unsaturated/α-hetero) is 1. The van der Waals surface area contributed by atoms with Crippen LogP contribution in [0.5, 0.6) is 5.75 Å². The van der Waals surface area contributed by atoms with E-state index in [1.54, 1.807) is 79.7 Å². The summed E-state index contributed by atoms with van der Waals surface area (Å²) in [5.41, 5.74) is 2.65. The van der Waals surface area contributed by atoms with Crippen LogP contribution in [0.1, 0.15) is 29.2 Å². The molecule has 0 aliphatic rings. The molecule has 4 aromatic rings. The van der Waals surface area contributed by atoms with Crippen LogP contribution in [0.2, 0.25) is 0 Å². The van der Waals surface area contributed by atoms with Crippen LogP contribution in [0, 0.1) is 6.92 Å². The molecule has 11 nitrogen and oxygen atoms in total. The number of amides is 3. The Morgan fingerprint density at radius 3 is 1.82 bits per heavy atom. The minimum atomic E-state index is -4.07. The van der Waals surface area contributed by atoms with Gasteiger partial charge >= 0.3 is 0 Å². The highest BCUT2D eigenvalue weighted by molar-refractivity contribution is 7.89. The van der Waals surface area contributed by atoms with E-state index in [0.717, 1.165) is 5.56 Å². The second-order valence-electron chi connectivity index (χ2n) is 11.5. The molecule has 4 N–H and O–H groups in total. The molecule has 0 saturated carbocycles. The summed E-state index contributed by atoms with van der Waals surface area (Å²) in [6, 6.07) is 27.4. The molecule has 0 saturated heterocycles. The molecule has 0 aromatic heterocycles. The SMILES string of the molecule is COc1ccc(C[C@H](NC(=O)[C@H](C)NS(=O)(=O)c2ccccc2C)C(=O)N[C@@H](Cc2ccccc2)C(=O)C(=O)NCc2ccccc2)cc1. The maximum Gasteiger partial charge on any atom is 0.289 e. The number of hydrogen-bond acceptors (Lipinski definition) is 7. The fourth-order valence-electron chi connectivity index (χ4n) is 5.07. The average molecular weight is 685 g/mol. The summed E-state index contributed by atoms with van der Waals surface area (Å²) in [6.45, 7) is 3.12. The zero-order valence-corrected chi connectivity index (χ0v) is 28.3. The van der Waals surface area contributed by atoms with Crippen molar-refractivity contribution >= 4 is 33.5 Å². The highest BCUT2D eigenvalue weighted by Gasteiger charge is 2.32. The molecule has 0 heterocycles. The maximum absolute atomic E-state index is 13.9. The zero-order valence-electron chi connectivity index (χ0n) is 27.5. The highest BCUT2D eigenvalue weighted by atomic mass is 32.2. The maximum atomic E-state index is 13.9. The number of ketones is 1. The van der Waals surface area contributed by atoms with Crippen LogP contribution in [0.4, 0.5) is 0 Å². The summed E-state index contributed by atoms with van der Waals surface area (Å²) in [6.07, 6.45) is 0.00524. The number of carbonyl (C=O) groups excluding carboxylic acids is 4. The quantitative estimate of drug-likeness (QED) is 0.132. The molecule has 0 aliphatic carbocycles. The molecule has 0 spiro atoms. The van der Waals surface area contributed by atoms with E-state index in [-0.39, 0.29) is 24.3 Å². The molecule has 4 aromatic carbocycles. The molecular weight excluding hydrogens is 644 g/mol. The lowest BCUT2D eigenvalue weighted by atomic mass is 9.99. The first kappa shape index (κ1) is 36.5. The van der Waals surface area contributed by atoms with Gasteiger partial charge < -0.3 is 20.7 Å². The van der Waals surface area contributed by atoms with Gasteiger partial charge in [-0.2, -0.15) is 4.72 Å². The van der Waals surface area contributed by atoms with Crippen molar-refractivity contribution in [2.24, 2.45) is 0 Å². The van der Waals surface area contributed by atoms with E-state index >= 15 is 0 Å². The monoisotopic (exact) mass is 684 g/mol. The first-order valence-corrected chi connectivity index (χ1v) is 17.2. The molecule has 4 rings (SSSR count). The minimum Gasteiger partial charge on any atom is -0.497 e. The Hall–Kier alpha value is -5.33. The topological polar surface area (TPSA) is 160 Å². The Bertz CT molecular complexity index is 1850. The summed E-state index contributed by atoms with van der Waals surface area (Å²) in [5, 5.41) is 7.95. The van der Waals surface area contributed by atoms with Gasteiger partial charge in [0.2, 0.25) is 27.6 Å². The number of carbonyl (C=O) groups is 4. The smallest absolute Gasteiger partial charge is 0.289 e. The number of aryl methyl sites for hydroxylation is 1. The standard InChI is InChI=1S/C37H40N4O7S/c1-25-12-10-11-17-33(25)49(46,47)41-26(2)35(43)40-32(23-28-18-20-30(48-3)21-19-28)36(44)39-31(22-27-13-6-4-7-14-27)34(42)37(45)38-24-29-15-8-5-9-16-29/h4-21,26,31-32,41H,22-24H2,1-3H3,(H,38,45)(H,39,44)(H,40,43)/t26-,31-,32-/m0/s1. The van der Waals surface area contributed by atoms with Crippen LogP contribution in [-0.4, -0.2) is 57.2 Å². The van der Waals surface area contributed by atoms with Crippen molar-refractivity contribution in [2.45, 2.75) is 56.3 Å². The van der Waals surface area contributed by atoms with Gasteiger partial charge in [0.15, 0.2) is 0 Å². The van der Waals surface area contributed by atoms with Gasteiger partial charge in [0.05, 0.1) is 18.0 Å². The molecular formula is C37H40N4O7S.